The molecule has 1 aromatic heterocycles. The summed E-state index contributed by atoms with van der Waals surface area (Å²) < 4.78 is 32.0. The zero-order valence-electron chi connectivity index (χ0n) is 17.6. The van der Waals surface area contributed by atoms with Crippen LogP contribution >= 0.6 is 11.3 Å². The van der Waals surface area contributed by atoms with Gasteiger partial charge in [-0.3, -0.25) is 15.0 Å². The van der Waals surface area contributed by atoms with E-state index < -0.39 is 10.0 Å². The van der Waals surface area contributed by atoms with Crippen molar-refractivity contribution in [2.45, 2.75) is 31.2 Å². The van der Waals surface area contributed by atoms with Crippen molar-refractivity contribution in [1.29, 1.82) is 0 Å². The molecule has 2 aliphatic rings. The Hall–Kier alpha value is -1.85. The van der Waals surface area contributed by atoms with Crippen LogP contribution in [0, 0.1) is 5.92 Å². The summed E-state index contributed by atoms with van der Waals surface area (Å²) in [5.41, 5.74) is 1.35. The van der Waals surface area contributed by atoms with E-state index in [1.165, 1.54) is 52.7 Å². The number of benzene rings is 1. The predicted octanol–water partition coefficient (Wildman–Crippen LogP) is 2.65. The molecule has 2 saturated heterocycles. The summed E-state index contributed by atoms with van der Waals surface area (Å²) in [5.74, 6) is 0.407. The number of nitrogens with one attached hydrogen (secondary N) is 1. The fourth-order valence-electron chi connectivity index (χ4n) is 3.98. The van der Waals surface area contributed by atoms with Crippen molar-refractivity contribution in [1.82, 2.24) is 14.2 Å². The fraction of sp³-hybridized carbons (Fsp3) is 0.524. The van der Waals surface area contributed by atoms with Crippen LogP contribution in [0.15, 0.2) is 34.5 Å². The number of piperidine rings is 1. The number of carbonyl (C=O) groups excluding carboxylic acids is 1. The van der Waals surface area contributed by atoms with Gasteiger partial charge in [-0.1, -0.05) is 6.92 Å². The molecule has 0 saturated carbocycles. The Morgan fingerprint density at radius 2 is 1.97 bits per heavy atom. The van der Waals surface area contributed by atoms with Crippen molar-refractivity contribution in [3.63, 3.8) is 0 Å². The highest BCUT2D eigenvalue weighted by atomic mass is 32.2. The number of hydrogen-bond donors (Lipinski definition) is 1. The molecule has 2 aliphatic heterocycles. The number of rotatable bonds is 6. The molecule has 31 heavy (non-hydrogen) atoms. The number of anilines is 1. The summed E-state index contributed by atoms with van der Waals surface area (Å²) in [6.07, 6.45) is 2.49. The molecule has 10 heteroatoms. The van der Waals surface area contributed by atoms with Crippen LogP contribution in [0.25, 0.3) is 0 Å². The lowest BCUT2D eigenvalue weighted by Gasteiger charge is -2.30. The molecule has 3 heterocycles. The predicted molar refractivity (Wildman–Crippen MR) is 120 cm³/mol. The van der Waals surface area contributed by atoms with Gasteiger partial charge in [0.2, 0.25) is 10.0 Å². The van der Waals surface area contributed by atoms with Gasteiger partial charge in [0.05, 0.1) is 23.8 Å². The Morgan fingerprint density at radius 3 is 2.68 bits per heavy atom. The van der Waals surface area contributed by atoms with Crippen molar-refractivity contribution in [3.8, 4) is 0 Å². The molecule has 2 aromatic rings. The van der Waals surface area contributed by atoms with Crippen LogP contribution in [0.3, 0.4) is 0 Å². The standard InChI is InChI=1S/C21H28N4O4S2/c1-16-3-2-8-24(13-16)14-18-15-30-21(22-18)23-20(26)17-4-6-19(7-5-17)31(27,28)25-9-11-29-12-10-25/h4-7,15-16H,2-3,8-14H2,1H3,(H,22,23,26). The average Bonchev–Trinajstić information content (AvgIpc) is 3.21. The van der Waals surface area contributed by atoms with E-state index in [1.54, 1.807) is 0 Å². The Morgan fingerprint density at radius 1 is 1.23 bits per heavy atom. The summed E-state index contributed by atoms with van der Waals surface area (Å²) in [6, 6.07) is 6.02. The van der Waals surface area contributed by atoms with Crippen LogP contribution in [-0.4, -0.2) is 67.9 Å². The number of morpholine rings is 1. The van der Waals surface area contributed by atoms with Crippen molar-refractivity contribution in [2.24, 2.45) is 5.92 Å². The maximum atomic E-state index is 12.7. The van der Waals surface area contributed by atoms with Crippen LogP contribution in [0.5, 0.6) is 0 Å². The molecule has 1 unspecified atom stereocenters. The number of sulfonamides is 1. The van der Waals surface area contributed by atoms with Gasteiger partial charge in [0, 0.05) is 37.1 Å². The number of nitrogens with zero attached hydrogens (tertiary/aromatic N) is 3. The minimum Gasteiger partial charge on any atom is -0.379 e. The number of aromatic nitrogens is 1. The highest BCUT2D eigenvalue weighted by Crippen LogP contribution is 2.22. The Kier molecular flexibility index (Phi) is 7.02. The maximum Gasteiger partial charge on any atom is 0.257 e. The van der Waals surface area contributed by atoms with Crippen molar-refractivity contribution >= 4 is 32.4 Å². The van der Waals surface area contributed by atoms with Crippen LogP contribution in [0.1, 0.15) is 35.8 Å². The molecule has 0 bridgehead atoms. The zero-order valence-corrected chi connectivity index (χ0v) is 19.3. The third-order valence-electron chi connectivity index (χ3n) is 5.62. The van der Waals surface area contributed by atoms with Crippen molar-refractivity contribution in [3.05, 3.63) is 40.9 Å². The lowest BCUT2D eigenvalue weighted by Crippen LogP contribution is -2.40. The monoisotopic (exact) mass is 464 g/mol. The second-order valence-electron chi connectivity index (χ2n) is 8.12. The van der Waals surface area contributed by atoms with E-state index in [-0.39, 0.29) is 10.8 Å². The molecule has 1 amide bonds. The second-order valence-corrected chi connectivity index (χ2v) is 10.9. The van der Waals surface area contributed by atoms with E-state index in [0.717, 1.165) is 25.3 Å². The van der Waals surface area contributed by atoms with Crippen LogP contribution in [0.4, 0.5) is 5.13 Å². The molecule has 0 spiro atoms. The first kappa shape index (κ1) is 22.3. The number of thiazole rings is 1. The lowest BCUT2D eigenvalue weighted by molar-refractivity contribution is 0.0730. The molecular formula is C21H28N4O4S2. The molecule has 1 N–H and O–H groups in total. The Balaban J connectivity index is 1.36. The van der Waals surface area contributed by atoms with E-state index in [2.05, 4.69) is 22.1 Å². The lowest BCUT2D eigenvalue weighted by atomic mass is 10.0. The quantitative estimate of drug-likeness (QED) is 0.707. The maximum absolute atomic E-state index is 12.7. The van der Waals surface area contributed by atoms with Crippen molar-refractivity contribution < 1.29 is 17.9 Å². The molecule has 168 valence electrons. The van der Waals surface area contributed by atoms with Gasteiger partial charge in [0.15, 0.2) is 5.13 Å². The summed E-state index contributed by atoms with van der Waals surface area (Å²) in [4.78, 5) is 19.7. The zero-order chi connectivity index (χ0) is 21.8. The van der Waals surface area contributed by atoms with E-state index in [0.29, 0.717) is 42.9 Å². The molecule has 4 rings (SSSR count). The molecule has 2 fully saturated rings. The topological polar surface area (TPSA) is 91.8 Å². The van der Waals surface area contributed by atoms with Gasteiger partial charge in [-0.05, 0) is 49.6 Å². The van der Waals surface area contributed by atoms with Gasteiger partial charge in [0.1, 0.15) is 0 Å². The first-order chi connectivity index (χ1) is 14.9. The minimum atomic E-state index is -3.57. The number of hydrogen-bond acceptors (Lipinski definition) is 7. The van der Waals surface area contributed by atoms with Crippen LogP contribution in [-0.2, 0) is 21.3 Å². The molecule has 1 aromatic carbocycles. The number of carbonyl (C=O) groups is 1. The molecule has 1 atom stereocenters. The first-order valence-electron chi connectivity index (χ1n) is 10.6. The molecule has 0 aliphatic carbocycles. The van der Waals surface area contributed by atoms with E-state index in [9.17, 15) is 13.2 Å². The van der Waals surface area contributed by atoms with Gasteiger partial charge in [-0.15, -0.1) is 11.3 Å². The summed E-state index contributed by atoms with van der Waals surface area (Å²) in [5, 5.41) is 5.35. The third kappa shape index (κ3) is 5.50. The third-order valence-corrected chi connectivity index (χ3v) is 8.34. The van der Waals surface area contributed by atoms with E-state index in [1.807, 2.05) is 5.38 Å². The summed E-state index contributed by atoms with van der Waals surface area (Å²) in [6.45, 7) is 6.71. The fourth-order valence-corrected chi connectivity index (χ4v) is 6.08. The first-order valence-corrected chi connectivity index (χ1v) is 12.9. The highest BCUT2D eigenvalue weighted by Gasteiger charge is 2.26. The summed E-state index contributed by atoms with van der Waals surface area (Å²) >= 11 is 1.40. The normalized spacial score (nSPS) is 21.1. The highest BCUT2D eigenvalue weighted by molar-refractivity contribution is 7.89. The average molecular weight is 465 g/mol. The largest absolute Gasteiger partial charge is 0.379 e. The Labute approximate surface area is 187 Å². The van der Waals surface area contributed by atoms with E-state index >= 15 is 0 Å². The van der Waals surface area contributed by atoms with Crippen LogP contribution < -0.4 is 5.32 Å². The summed E-state index contributed by atoms with van der Waals surface area (Å²) in [7, 11) is -3.57. The Bertz CT molecular complexity index is 1000. The number of likely N-dealkylation sites (tertiary alicyclic amines) is 1. The molecular weight excluding hydrogens is 436 g/mol. The second kappa shape index (κ2) is 9.74. The minimum absolute atomic E-state index is 0.179. The van der Waals surface area contributed by atoms with Gasteiger partial charge < -0.3 is 4.74 Å². The van der Waals surface area contributed by atoms with E-state index in [4.69, 9.17) is 4.74 Å². The molecule has 8 nitrogen and oxygen atoms in total. The van der Waals surface area contributed by atoms with Gasteiger partial charge in [-0.25, -0.2) is 13.4 Å². The van der Waals surface area contributed by atoms with Crippen molar-refractivity contribution in [2.75, 3.05) is 44.7 Å². The number of amides is 1. The van der Waals surface area contributed by atoms with Gasteiger partial charge in [-0.2, -0.15) is 4.31 Å². The van der Waals surface area contributed by atoms with Gasteiger partial charge >= 0.3 is 0 Å². The van der Waals surface area contributed by atoms with Gasteiger partial charge in [0.25, 0.3) is 5.91 Å². The SMILES string of the molecule is CC1CCCN(Cc2csc(NC(=O)c3ccc(S(=O)(=O)N4CCOCC4)cc3)n2)C1. The van der Waals surface area contributed by atoms with Crippen LogP contribution in [0.2, 0.25) is 0 Å². The molecule has 0 radical (unpaired) electrons. The number of ether oxygens (including phenoxy) is 1. The smallest absolute Gasteiger partial charge is 0.257 e.